The van der Waals surface area contributed by atoms with E-state index in [9.17, 15) is 4.79 Å². The Balaban J connectivity index is 2.62. The van der Waals surface area contributed by atoms with Gasteiger partial charge in [0.15, 0.2) is 0 Å². The summed E-state index contributed by atoms with van der Waals surface area (Å²) in [5.41, 5.74) is 1.71. The number of hydrogen-bond donors (Lipinski definition) is 2. The van der Waals surface area contributed by atoms with Crippen molar-refractivity contribution in [3.63, 3.8) is 0 Å². The van der Waals surface area contributed by atoms with Crippen LogP contribution in [0.5, 0.6) is 0 Å². The minimum Gasteiger partial charge on any atom is -0.335 e. The average Bonchev–Trinajstić information content (AvgIpc) is 2.29. The van der Waals surface area contributed by atoms with Crippen LogP contribution >= 0.6 is 11.6 Å². The topological polar surface area (TPSA) is 41.1 Å². The molecule has 0 atom stereocenters. The molecule has 4 heteroatoms. The molecule has 3 nitrogen and oxygen atoms in total. The number of anilines is 1. The molecule has 0 bridgehead atoms. The van der Waals surface area contributed by atoms with Crippen molar-refractivity contribution in [3.05, 3.63) is 28.8 Å². The fourth-order valence-corrected chi connectivity index (χ4v) is 1.84. The molecule has 0 saturated carbocycles. The molecule has 2 amide bonds. The Morgan fingerprint density at radius 1 is 1.35 bits per heavy atom. The molecule has 0 aliphatic rings. The summed E-state index contributed by atoms with van der Waals surface area (Å²) >= 11 is 6.04. The Morgan fingerprint density at radius 3 is 2.53 bits per heavy atom. The van der Waals surface area contributed by atoms with Crippen molar-refractivity contribution in [1.82, 2.24) is 5.32 Å². The second-order valence-corrected chi connectivity index (χ2v) is 4.50. The second kappa shape index (κ2) is 6.50. The molecule has 0 spiro atoms. The summed E-state index contributed by atoms with van der Waals surface area (Å²) in [6.45, 7) is 6.06. The zero-order chi connectivity index (χ0) is 12.8. The van der Waals surface area contributed by atoms with Crippen LogP contribution in [0.15, 0.2) is 18.2 Å². The first-order chi connectivity index (χ1) is 8.06. The lowest BCUT2D eigenvalue weighted by Gasteiger charge is -2.16. The summed E-state index contributed by atoms with van der Waals surface area (Å²) in [6, 6.07) is 5.56. The first kappa shape index (κ1) is 13.8. The van der Waals surface area contributed by atoms with Crippen molar-refractivity contribution in [1.29, 1.82) is 0 Å². The molecule has 0 aliphatic heterocycles. The molecule has 0 fully saturated rings. The quantitative estimate of drug-likeness (QED) is 0.839. The van der Waals surface area contributed by atoms with Crippen molar-refractivity contribution >= 4 is 23.3 Å². The number of carbonyl (C=O) groups is 1. The summed E-state index contributed by atoms with van der Waals surface area (Å²) in [7, 11) is 0. The third-order valence-corrected chi connectivity index (χ3v) is 3.01. The van der Waals surface area contributed by atoms with Gasteiger partial charge in [0, 0.05) is 6.04 Å². The van der Waals surface area contributed by atoms with Crippen molar-refractivity contribution < 1.29 is 4.79 Å². The van der Waals surface area contributed by atoms with Gasteiger partial charge in [0.1, 0.15) is 0 Å². The van der Waals surface area contributed by atoms with Crippen molar-refractivity contribution in [2.75, 3.05) is 5.32 Å². The summed E-state index contributed by atoms with van der Waals surface area (Å²) < 4.78 is 0. The van der Waals surface area contributed by atoms with Gasteiger partial charge in [-0.3, -0.25) is 0 Å². The highest BCUT2D eigenvalue weighted by molar-refractivity contribution is 6.33. The van der Waals surface area contributed by atoms with Crippen LogP contribution in [0.25, 0.3) is 0 Å². The van der Waals surface area contributed by atoms with Gasteiger partial charge < -0.3 is 10.6 Å². The molecular formula is C13H19ClN2O. The van der Waals surface area contributed by atoms with Crippen LogP contribution in [-0.2, 0) is 0 Å². The van der Waals surface area contributed by atoms with E-state index in [4.69, 9.17) is 11.6 Å². The normalized spacial score (nSPS) is 10.4. The highest BCUT2D eigenvalue weighted by atomic mass is 35.5. The van der Waals surface area contributed by atoms with E-state index in [1.807, 2.05) is 39.0 Å². The van der Waals surface area contributed by atoms with Gasteiger partial charge in [-0.25, -0.2) is 4.79 Å². The standard InChI is InChI=1S/C13H19ClN2O/c1-4-10(5-2)15-13(17)16-12-7-6-9(3)8-11(12)14/h6-8,10H,4-5H2,1-3H3,(H2,15,16,17). The molecule has 1 aromatic carbocycles. The maximum absolute atomic E-state index is 11.7. The van der Waals surface area contributed by atoms with E-state index in [0.29, 0.717) is 10.7 Å². The molecule has 0 saturated heterocycles. The van der Waals surface area contributed by atoms with Gasteiger partial charge >= 0.3 is 6.03 Å². The molecule has 17 heavy (non-hydrogen) atoms. The lowest BCUT2D eigenvalue weighted by molar-refractivity contribution is 0.247. The number of amides is 2. The van der Waals surface area contributed by atoms with Crippen LogP contribution in [0.3, 0.4) is 0 Å². The molecule has 2 N–H and O–H groups in total. The molecule has 94 valence electrons. The van der Waals surface area contributed by atoms with Crippen LogP contribution in [0.2, 0.25) is 5.02 Å². The predicted molar refractivity (Wildman–Crippen MR) is 72.7 cm³/mol. The third-order valence-electron chi connectivity index (χ3n) is 2.69. The Bertz CT molecular complexity index is 389. The highest BCUT2D eigenvalue weighted by Crippen LogP contribution is 2.22. The lowest BCUT2D eigenvalue weighted by Crippen LogP contribution is -2.37. The molecule has 0 heterocycles. The molecule has 1 rings (SSSR count). The number of hydrogen-bond acceptors (Lipinski definition) is 1. The zero-order valence-electron chi connectivity index (χ0n) is 10.5. The Morgan fingerprint density at radius 2 is 2.00 bits per heavy atom. The highest BCUT2D eigenvalue weighted by Gasteiger charge is 2.09. The average molecular weight is 255 g/mol. The van der Waals surface area contributed by atoms with Gasteiger partial charge in [-0.05, 0) is 37.5 Å². The summed E-state index contributed by atoms with van der Waals surface area (Å²) in [6.07, 6.45) is 1.84. The minimum absolute atomic E-state index is 0.204. The van der Waals surface area contributed by atoms with E-state index in [0.717, 1.165) is 18.4 Å². The number of rotatable bonds is 4. The minimum atomic E-state index is -0.204. The Labute approximate surface area is 108 Å². The van der Waals surface area contributed by atoms with Crippen LogP contribution in [-0.4, -0.2) is 12.1 Å². The van der Waals surface area contributed by atoms with Crippen LogP contribution < -0.4 is 10.6 Å². The van der Waals surface area contributed by atoms with Crippen molar-refractivity contribution in [2.24, 2.45) is 0 Å². The maximum Gasteiger partial charge on any atom is 0.319 e. The number of benzene rings is 1. The molecule has 0 aromatic heterocycles. The Hall–Kier alpha value is -1.22. The third kappa shape index (κ3) is 4.27. The molecule has 1 aromatic rings. The number of aryl methyl sites for hydroxylation is 1. The van der Waals surface area contributed by atoms with E-state index in [1.165, 1.54) is 0 Å². The van der Waals surface area contributed by atoms with Crippen LogP contribution in [0.4, 0.5) is 10.5 Å². The number of urea groups is 1. The molecule has 0 radical (unpaired) electrons. The summed E-state index contributed by atoms with van der Waals surface area (Å²) in [5, 5.41) is 6.21. The first-order valence-corrected chi connectivity index (χ1v) is 6.28. The first-order valence-electron chi connectivity index (χ1n) is 5.90. The van der Waals surface area contributed by atoms with Gasteiger partial charge in [0.2, 0.25) is 0 Å². The van der Waals surface area contributed by atoms with Crippen molar-refractivity contribution in [3.8, 4) is 0 Å². The maximum atomic E-state index is 11.7. The van der Waals surface area contributed by atoms with Gasteiger partial charge in [0.25, 0.3) is 0 Å². The van der Waals surface area contributed by atoms with Gasteiger partial charge in [-0.2, -0.15) is 0 Å². The fraction of sp³-hybridized carbons (Fsp3) is 0.462. The van der Waals surface area contributed by atoms with E-state index >= 15 is 0 Å². The van der Waals surface area contributed by atoms with E-state index in [-0.39, 0.29) is 12.1 Å². The summed E-state index contributed by atoms with van der Waals surface area (Å²) in [5.74, 6) is 0. The van der Waals surface area contributed by atoms with Gasteiger partial charge in [0.05, 0.1) is 10.7 Å². The number of nitrogens with one attached hydrogen (secondary N) is 2. The van der Waals surface area contributed by atoms with Gasteiger partial charge in [-0.1, -0.05) is 31.5 Å². The predicted octanol–water partition coefficient (Wildman–Crippen LogP) is 3.96. The van der Waals surface area contributed by atoms with Crippen LogP contribution in [0, 0.1) is 6.92 Å². The van der Waals surface area contributed by atoms with Gasteiger partial charge in [-0.15, -0.1) is 0 Å². The van der Waals surface area contributed by atoms with E-state index < -0.39 is 0 Å². The lowest BCUT2D eigenvalue weighted by atomic mass is 10.2. The van der Waals surface area contributed by atoms with Crippen molar-refractivity contribution in [2.45, 2.75) is 39.7 Å². The molecular weight excluding hydrogens is 236 g/mol. The largest absolute Gasteiger partial charge is 0.335 e. The van der Waals surface area contributed by atoms with E-state index in [2.05, 4.69) is 10.6 Å². The second-order valence-electron chi connectivity index (χ2n) is 4.10. The van der Waals surface area contributed by atoms with Crippen LogP contribution in [0.1, 0.15) is 32.3 Å². The smallest absolute Gasteiger partial charge is 0.319 e. The zero-order valence-corrected chi connectivity index (χ0v) is 11.3. The monoisotopic (exact) mass is 254 g/mol. The Kier molecular flexibility index (Phi) is 5.29. The van der Waals surface area contributed by atoms with E-state index in [1.54, 1.807) is 0 Å². The molecule has 0 aliphatic carbocycles. The SMILES string of the molecule is CCC(CC)NC(=O)Nc1ccc(C)cc1Cl. The molecule has 0 unspecified atom stereocenters. The fourth-order valence-electron chi connectivity index (χ4n) is 1.56. The number of carbonyl (C=O) groups excluding carboxylic acids is 1. The number of halogens is 1. The summed E-state index contributed by atoms with van der Waals surface area (Å²) in [4.78, 5) is 11.7.